The second-order valence-electron chi connectivity index (χ2n) is 3.50. The molecule has 3 heteroatoms. The molecule has 1 aromatic carbocycles. The molecule has 0 radical (unpaired) electrons. The molecule has 0 heterocycles. The highest BCUT2D eigenvalue weighted by molar-refractivity contribution is 7.77. The van der Waals surface area contributed by atoms with Crippen molar-refractivity contribution >= 4 is 20.8 Å². The van der Waals surface area contributed by atoms with Crippen LogP contribution in [0.25, 0.3) is 0 Å². The molecule has 76 valence electrons. The van der Waals surface area contributed by atoms with Gasteiger partial charge in [-0.25, -0.2) is 0 Å². The minimum absolute atomic E-state index is 0.460. The third kappa shape index (κ3) is 4.15. The van der Waals surface area contributed by atoms with Gasteiger partial charge in [-0.05, 0) is 6.07 Å². The maximum absolute atomic E-state index is 9.52. The fourth-order valence-corrected chi connectivity index (χ4v) is 2.57. The zero-order valence-electron chi connectivity index (χ0n) is 8.79. The molecule has 14 heavy (non-hydrogen) atoms. The number of para-hydroxylation sites is 1. The van der Waals surface area contributed by atoms with Crippen molar-refractivity contribution in [2.45, 2.75) is 32.5 Å². The van der Waals surface area contributed by atoms with E-state index >= 15 is 0 Å². The number of hydrogen-bond acceptors (Lipinski definition) is 1. The Morgan fingerprint density at radius 3 is 2.79 bits per heavy atom. The fraction of sp³-hybridized carbons (Fsp3) is 0.455. The first-order valence-electron chi connectivity index (χ1n) is 5.36. The number of hydrogen-bond donors (Lipinski definition) is 1. The van der Waals surface area contributed by atoms with Gasteiger partial charge in [-0.3, -0.25) is 0 Å². The van der Waals surface area contributed by atoms with Crippen LogP contribution < -0.4 is 5.30 Å². The van der Waals surface area contributed by atoms with Gasteiger partial charge >= 0.3 is 0 Å². The van der Waals surface area contributed by atoms with Crippen molar-refractivity contribution in [2.75, 3.05) is 0 Å². The van der Waals surface area contributed by atoms with E-state index in [0.29, 0.717) is 5.75 Å². The Labute approximate surface area is 88.9 Å². The average Bonchev–Trinajstić information content (AvgIpc) is 2.20. The van der Waals surface area contributed by atoms with Crippen molar-refractivity contribution in [1.82, 2.24) is 0 Å². The van der Waals surface area contributed by atoms with E-state index in [1.54, 1.807) is 6.07 Å². The Morgan fingerprint density at radius 1 is 1.29 bits per heavy atom. The summed E-state index contributed by atoms with van der Waals surface area (Å²) in [5.41, 5.74) is 0. The van der Waals surface area contributed by atoms with Crippen molar-refractivity contribution in [3.05, 3.63) is 24.3 Å². The third-order valence-corrected chi connectivity index (χ3v) is 3.66. The first kappa shape index (κ1) is 11.6. The molecule has 1 aromatic rings. The monoisotopic (exact) mass is 208 g/mol. The summed E-state index contributed by atoms with van der Waals surface area (Å²) in [4.78, 5) is 0. The van der Waals surface area contributed by atoms with Gasteiger partial charge in [-0.15, -0.1) is 8.46 Å². The van der Waals surface area contributed by atoms with Crippen molar-refractivity contribution in [3.63, 3.8) is 0 Å². The number of phenolic OH excluding ortho intramolecular Hbond substituents is 1. The maximum atomic E-state index is 9.52. The molecule has 0 spiro atoms. The summed E-state index contributed by atoms with van der Waals surface area (Å²) in [6.07, 6.45) is 5.25. The van der Waals surface area contributed by atoms with Crippen LogP contribution in [0, 0.1) is 0 Å². The highest BCUT2D eigenvalue weighted by Gasteiger charge is 1.99. The first-order valence-corrected chi connectivity index (χ1v) is 6.57. The van der Waals surface area contributed by atoms with Crippen LogP contribution in [0.4, 0.5) is 0 Å². The third-order valence-electron chi connectivity index (χ3n) is 2.25. The Hall–Kier alpha value is -0.485. The van der Waals surface area contributed by atoms with Crippen LogP contribution in [0.1, 0.15) is 26.2 Å². The summed E-state index contributed by atoms with van der Waals surface area (Å²) in [6, 6.07) is 7.66. The summed E-state index contributed by atoms with van der Waals surface area (Å²) >= 11 is 0. The molecule has 1 N–H and O–H groups in total. The molecule has 0 aliphatic heterocycles. The van der Waals surface area contributed by atoms with E-state index in [2.05, 4.69) is 6.92 Å². The first-order chi connectivity index (χ1) is 6.84. The highest BCUT2D eigenvalue weighted by Crippen LogP contribution is 2.18. The average molecular weight is 208 g/mol. The van der Waals surface area contributed by atoms with Crippen LogP contribution in [-0.2, 0) is 0 Å². The predicted octanol–water partition coefficient (Wildman–Crippen LogP) is 2.66. The highest BCUT2D eigenvalue weighted by atomic mass is 31.1. The Morgan fingerprint density at radius 2 is 2.07 bits per heavy atom. The molecule has 0 bridgehead atoms. The SMILES string of the molecule is CCCCCBPc1ccccc1O. The lowest BCUT2D eigenvalue weighted by Gasteiger charge is -2.02. The normalized spacial score (nSPS) is 10.9. The second kappa shape index (κ2) is 6.89. The molecular weight excluding hydrogens is 190 g/mol. The number of benzene rings is 1. The van der Waals surface area contributed by atoms with E-state index in [4.69, 9.17) is 0 Å². The Balaban J connectivity index is 2.21. The van der Waals surface area contributed by atoms with Crippen molar-refractivity contribution in [1.29, 1.82) is 0 Å². The molecule has 0 fully saturated rings. The van der Waals surface area contributed by atoms with Gasteiger partial charge in [-0.1, -0.05) is 50.7 Å². The molecular formula is C11H18BOP. The topological polar surface area (TPSA) is 20.2 Å². The summed E-state index contributed by atoms with van der Waals surface area (Å²) in [6.45, 7) is 3.45. The predicted molar refractivity (Wildman–Crippen MR) is 67.5 cm³/mol. The van der Waals surface area contributed by atoms with Gasteiger partial charge < -0.3 is 5.11 Å². The van der Waals surface area contributed by atoms with Gasteiger partial charge in [0.25, 0.3) is 0 Å². The largest absolute Gasteiger partial charge is 0.507 e. The minimum atomic E-state index is 0.460. The number of phenols is 1. The fourth-order valence-electron chi connectivity index (χ4n) is 1.40. The lowest BCUT2D eigenvalue weighted by atomic mass is 9.98. The quantitative estimate of drug-likeness (QED) is 0.432. The molecule has 0 saturated carbocycles. The van der Waals surface area contributed by atoms with Crippen LogP contribution in [-0.4, -0.2) is 12.1 Å². The van der Waals surface area contributed by atoms with Gasteiger partial charge in [-0.2, -0.15) is 0 Å². The molecule has 0 aromatic heterocycles. The Bertz CT molecular complexity index is 265. The maximum Gasteiger partial charge on any atom is 0.154 e. The molecule has 1 atom stereocenters. The van der Waals surface area contributed by atoms with E-state index in [0.717, 1.165) is 13.8 Å². The molecule has 0 amide bonds. The van der Waals surface area contributed by atoms with E-state index in [9.17, 15) is 5.11 Å². The summed E-state index contributed by atoms with van der Waals surface area (Å²) in [7, 11) is 0.765. The smallest absolute Gasteiger partial charge is 0.154 e. The lowest BCUT2D eigenvalue weighted by Crippen LogP contribution is -1.97. The molecule has 1 unspecified atom stereocenters. The van der Waals surface area contributed by atoms with Gasteiger partial charge in [0.2, 0.25) is 0 Å². The zero-order chi connectivity index (χ0) is 10.2. The summed E-state index contributed by atoms with van der Waals surface area (Å²) < 4.78 is 0. The minimum Gasteiger partial charge on any atom is -0.507 e. The number of aromatic hydroxyl groups is 1. The van der Waals surface area contributed by atoms with Gasteiger partial charge in [0.15, 0.2) is 7.00 Å². The van der Waals surface area contributed by atoms with Crippen molar-refractivity contribution < 1.29 is 5.11 Å². The van der Waals surface area contributed by atoms with E-state index in [1.807, 2.05) is 18.2 Å². The van der Waals surface area contributed by atoms with Gasteiger partial charge in [0.1, 0.15) is 5.75 Å². The van der Waals surface area contributed by atoms with Crippen molar-refractivity contribution in [3.8, 4) is 5.75 Å². The van der Waals surface area contributed by atoms with E-state index in [-0.39, 0.29) is 0 Å². The Kier molecular flexibility index (Phi) is 5.71. The van der Waals surface area contributed by atoms with Crippen LogP contribution in [0.15, 0.2) is 24.3 Å². The standard InChI is InChI=1S/C11H18BOP/c1-2-3-6-9-12-14-11-8-5-4-7-10(11)13/h4-5,7-8,12-14H,2-3,6,9H2,1H3. The summed E-state index contributed by atoms with van der Waals surface area (Å²) in [5.74, 6) is 0.460. The van der Waals surface area contributed by atoms with Crippen LogP contribution in [0.3, 0.4) is 0 Å². The van der Waals surface area contributed by atoms with Gasteiger partial charge in [0.05, 0.1) is 0 Å². The zero-order valence-corrected chi connectivity index (χ0v) is 9.79. The molecule has 1 nitrogen and oxygen atoms in total. The number of unbranched alkanes of at least 4 members (excludes halogenated alkanes) is 2. The molecule has 0 aliphatic rings. The molecule has 1 rings (SSSR count). The van der Waals surface area contributed by atoms with Crippen LogP contribution >= 0.6 is 8.46 Å². The second-order valence-corrected chi connectivity index (χ2v) is 4.90. The van der Waals surface area contributed by atoms with Crippen molar-refractivity contribution in [2.24, 2.45) is 0 Å². The van der Waals surface area contributed by atoms with Crippen LogP contribution in [0.5, 0.6) is 5.75 Å². The molecule has 0 saturated heterocycles. The lowest BCUT2D eigenvalue weighted by molar-refractivity contribution is 0.480. The van der Waals surface area contributed by atoms with E-state index < -0.39 is 0 Å². The van der Waals surface area contributed by atoms with Crippen LogP contribution in [0.2, 0.25) is 6.32 Å². The summed E-state index contributed by atoms with van der Waals surface area (Å²) in [5, 5.41) is 10.6. The molecule has 0 aliphatic carbocycles. The van der Waals surface area contributed by atoms with Gasteiger partial charge in [0, 0.05) is 5.30 Å². The number of rotatable bonds is 6. The van der Waals surface area contributed by atoms with E-state index in [1.165, 1.54) is 32.6 Å².